The number of hydrogen-bond acceptors (Lipinski definition) is 9. The van der Waals surface area contributed by atoms with E-state index >= 15 is 0 Å². The molecule has 0 bridgehead atoms. The van der Waals surface area contributed by atoms with Gasteiger partial charge in [0.2, 0.25) is 0 Å². The van der Waals surface area contributed by atoms with Crippen molar-refractivity contribution in [3.63, 3.8) is 0 Å². The lowest BCUT2D eigenvalue weighted by Crippen LogP contribution is -2.41. The predicted octanol–water partition coefficient (Wildman–Crippen LogP) is 8.48. The topological polar surface area (TPSA) is 113 Å². The first-order valence-corrected chi connectivity index (χ1v) is 17.6. The van der Waals surface area contributed by atoms with Crippen LogP contribution in [0.25, 0.3) is 6.08 Å². The van der Waals surface area contributed by atoms with Crippen molar-refractivity contribution < 1.29 is 42.9 Å². The molecule has 0 amide bonds. The molecule has 262 valence electrons. The average Bonchev–Trinajstić information content (AvgIpc) is 3.38. The Morgan fingerprint density at radius 1 is 0.583 bits per heavy atom. The Kier molecular flexibility index (Phi) is 12.7. The zero-order valence-corrected chi connectivity index (χ0v) is 33.3. The van der Waals surface area contributed by atoms with Gasteiger partial charge in [-0.2, -0.15) is 0 Å². The Morgan fingerprint density at radius 3 is 1.27 bits per heavy atom. The minimum atomic E-state index is -0.400. The Hall–Kier alpha value is -1.64. The number of aldehydes is 1. The van der Waals surface area contributed by atoms with Crippen LogP contribution in [0.2, 0.25) is 6.22 Å². The monoisotopic (exact) mass is 792 g/mol. The highest BCUT2D eigenvalue weighted by Crippen LogP contribution is 2.42. The first kappa shape index (κ1) is 40.8. The Balaban J connectivity index is 0.000000205. The van der Waals surface area contributed by atoms with E-state index in [0.717, 1.165) is 14.5 Å². The average molecular weight is 794 g/mol. The van der Waals surface area contributed by atoms with Gasteiger partial charge in [-0.3, -0.25) is 4.79 Å². The van der Waals surface area contributed by atoms with Gasteiger partial charge in [0, 0.05) is 20.7 Å². The normalized spacial score (nSPS) is 22.6. The standard InChI is InChI=1S/C14H18BBrO3.C13H26B2O4.C7H5BrO2/c1-13(2)14(3,4)19-15(18-13)8-7-10-9-11(16)5-6-12(10)17;1-10(2)11(3,4)17-14(16-10)9-15-18-12(5,6)13(7,8)19-15;8-6-1-2-7(10)5(3-6)4-9/h5-9,17H,1-4H3;9H2,1-8H3;1-4,10H/b8-7+;;. The van der Waals surface area contributed by atoms with Crippen LogP contribution in [-0.2, 0) is 27.9 Å². The lowest BCUT2D eigenvalue weighted by Gasteiger charge is -2.32. The maximum Gasteiger partial charge on any atom is 0.487 e. The van der Waals surface area contributed by atoms with Gasteiger partial charge in [-0.1, -0.05) is 43.9 Å². The van der Waals surface area contributed by atoms with Crippen molar-refractivity contribution in [2.24, 2.45) is 0 Å². The summed E-state index contributed by atoms with van der Waals surface area (Å²) in [5.41, 5.74) is -0.883. The molecule has 14 heteroatoms. The third kappa shape index (κ3) is 9.78. The Labute approximate surface area is 304 Å². The lowest BCUT2D eigenvalue weighted by atomic mass is 9.64. The first-order chi connectivity index (χ1) is 21.8. The van der Waals surface area contributed by atoms with E-state index in [1.165, 1.54) is 6.07 Å². The van der Waals surface area contributed by atoms with Crippen LogP contribution in [0.1, 0.15) is 99.0 Å². The molecule has 2 N–H and O–H groups in total. The maximum atomic E-state index is 10.2. The molecule has 3 heterocycles. The second-order valence-corrected chi connectivity index (χ2v) is 16.9. The second-order valence-electron chi connectivity index (χ2n) is 15.1. The van der Waals surface area contributed by atoms with E-state index in [2.05, 4.69) is 87.2 Å². The molecule has 5 rings (SSSR count). The maximum absolute atomic E-state index is 10.2. The van der Waals surface area contributed by atoms with E-state index in [1.54, 1.807) is 24.3 Å². The number of phenols is 2. The molecule has 3 saturated heterocycles. The van der Waals surface area contributed by atoms with Crippen molar-refractivity contribution in [3.05, 3.63) is 62.4 Å². The fourth-order valence-electron chi connectivity index (χ4n) is 4.71. The highest BCUT2D eigenvalue weighted by molar-refractivity contribution is 9.10. The van der Waals surface area contributed by atoms with E-state index in [0.29, 0.717) is 18.1 Å². The molecule has 0 aliphatic carbocycles. The molecule has 0 atom stereocenters. The van der Waals surface area contributed by atoms with Gasteiger partial charge in [0.05, 0.1) is 39.2 Å². The van der Waals surface area contributed by atoms with Crippen LogP contribution < -0.4 is 0 Å². The molecule has 2 aromatic rings. The molecule has 3 aliphatic rings. The molecular weight excluding hydrogens is 745 g/mol. The van der Waals surface area contributed by atoms with Crippen molar-refractivity contribution in [2.45, 2.75) is 123 Å². The van der Waals surface area contributed by atoms with Crippen molar-refractivity contribution >= 4 is 65.6 Å². The van der Waals surface area contributed by atoms with Gasteiger partial charge in [0.15, 0.2) is 6.29 Å². The van der Waals surface area contributed by atoms with Crippen LogP contribution in [0.15, 0.2) is 51.3 Å². The van der Waals surface area contributed by atoms with Gasteiger partial charge >= 0.3 is 21.4 Å². The van der Waals surface area contributed by atoms with Crippen LogP contribution in [0, 0.1) is 0 Å². The predicted molar refractivity (Wildman–Crippen MR) is 199 cm³/mol. The summed E-state index contributed by atoms with van der Waals surface area (Å²) in [4.78, 5) is 10.2. The van der Waals surface area contributed by atoms with E-state index in [4.69, 9.17) is 33.0 Å². The van der Waals surface area contributed by atoms with Crippen molar-refractivity contribution in [3.8, 4) is 11.5 Å². The summed E-state index contributed by atoms with van der Waals surface area (Å²) in [6.45, 7) is 24.5. The summed E-state index contributed by atoms with van der Waals surface area (Å²) < 4.78 is 37.3. The minimum absolute atomic E-state index is 0.0122. The summed E-state index contributed by atoms with van der Waals surface area (Å²) in [7, 11) is -0.956. The quantitative estimate of drug-likeness (QED) is 0.228. The second kappa shape index (κ2) is 14.9. The van der Waals surface area contributed by atoms with E-state index in [1.807, 2.05) is 45.8 Å². The molecule has 0 unspecified atom stereocenters. The minimum Gasteiger partial charge on any atom is -0.507 e. The number of phenolic OH excluding ortho intramolecular Hbond substituents is 2. The van der Waals surface area contributed by atoms with Gasteiger partial charge in [-0.25, -0.2) is 0 Å². The van der Waals surface area contributed by atoms with Crippen molar-refractivity contribution in [1.29, 1.82) is 0 Å². The molecule has 0 saturated carbocycles. The van der Waals surface area contributed by atoms with Crippen LogP contribution >= 0.6 is 31.9 Å². The zero-order chi connectivity index (χ0) is 36.5. The van der Waals surface area contributed by atoms with Crippen molar-refractivity contribution in [1.82, 2.24) is 0 Å². The van der Waals surface area contributed by atoms with Gasteiger partial charge in [0.25, 0.3) is 0 Å². The van der Waals surface area contributed by atoms with Gasteiger partial charge in [0.1, 0.15) is 11.5 Å². The molecule has 48 heavy (non-hydrogen) atoms. The summed E-state index contributed by atoms with van der Waals surface area (Å²) in [6, 6.07) is 9.98. The smallest absolute Gasteiger partial charge is 0.487 e. The van der Waals surface area contributed by atoms with Gasteiger partial charge in [-0.05, 0) is 119 Å². The SMILES string of the molecule is CC1(C)OB(/C=C/c2cc(Br)ccc2O)OC1(C)C.CC1(C)OB(CB2OC(C)(C)C(C)(C)O2)OC1(C)C.O=Cc1cc(Br)ccc1O. The lowest BCUT2D eigenvalue weighted by molar-refractivity contribution is 0.00578. The molecule has 9 nitrogen and oxygen atoms in total. The first-order valence-electron chi connectivity index (χ1n) is 16.0. The van der Waals surface area contributed by atoms with Crippen LogP contribution in [0.5, 0.6) is 11.5 Å². The van der Waals surface area contributed by atoms with E-state index in [-0.39, 0.29) is 59.3 Å². The number of aromatic hydroxyl groups is 2. The van der Waals surface area contributed by atoms with Crippen LogP contribution in [-0.4, -0.2) is 71.5 Å². The molecule has 0 spiro atoms. The van der Waals surface area contributed by atoms with E-state index in [9.17, 15) is 9.90 Å². The highest BCUT2D eigenvalue weighted by Gasteiger charge is 2.57. The molecule has 0 radical (unpaired) electrons. The molecule has 3 fully saturated rings. The fourth-order valence-corrected chi connectivity index (χ4v) is 5.47. The number of carbonyl (C=O) groups is 1. The van der Waals surface area contributed by atoms with Crippen LogP contribution in [0.3, 0.4) is 0 Å². The Bertz CT molecular complexity index is 1400. The third-order valence-electron chi connectivity index (χ3n) is 9.80. The molecule has 0 aromatic heterocycles. The summed E-state index contributed by atoms with van der Waals surface area (Å²) in [5.74, 6) is 2.06. The Morgan fingerprint density at radius 2 is 0.917 bits per heavy atom. The molecule has 2 aromatic carbocycles. The number of halogens is 2. The summed E-state index contributed by atoms with van der Waals surface area (Å²) in [5, 5.41) is 18.7. The number of hydrogen-bond donors (Lipinski definition) is 2. The summed E-state index contributed by atoms with van der Waals surface area (Å²) in [6.07, 6.45) is 3.02. The fraction of sp³-hybridized carbons (Fsp3) is 0.559. The molecule has 3 aliphatic heterocycles. The van der Waals surface area contributed by atoms with Gasteiger partial charge in [-0.15, -0.1) is 0 Å². The summed E-state index contributed by atoms with van der Waals surface area (Å²) >= 11 is 6.55. The van der Waals surface area contributed by atoms with Gasteiger partial charge < -0.3 is 38.1 Å². The largest absolute Gasteiger partial charge is 0.507 e. The van der Waals surface area contributed by atoms with Crippen molar-refractivity contribution in [2.75, 3.05) is 0 Å². The number of rotatable bonds is 5. The number of benzene rings is 2. The number of carbonyl (C=O) groups excluding carboxylic acids is 1. The highest BCUT2D eigenvalue weighted by atomic mass is 79.9. The zero-order valence-electron chi connectivity index (χ0n) is 30.1. The third-order valence-corrected chi connectivity index (χ3v) is 10.8. The molecular formula is C34H49B3Br2O9. The van der Waals surface area contributed by atoms with Crippen LogP contribution in [0.4, 0.5) is 0 Å². The van der Waals surface area contributed by atoms with E-state index < -0.39 is 7.12 Å².